The van der Waals surface area contributed by atoms with Crippen LogP contribution in [0.2, 0.25) is 0 Å². The van der Waals surface area contributed by atoms with Crippen LogP contribution in [0, 0.1) is 5.82 Å². The lowest BCUT2D eigenvalue weighted by molar-refractivity contribution is 0.120. The molecule has 0 bridgehead atoms. The number of aromatic nitrogens is 2. The average Bonchev–Trinajstić information content (AvgIpc) is 3.09. The van der Waals surface area contributed by atoms with Gasteiger partial charge in [0, 0.05) is 18.7 Å². The zero-order chi connectivity index (χ0) is 13.1. The van der Waals surface area contributed by atoms with E-state index in [1.807, 2.05) is 0 Å². The van der Waals surface area contributed by atoms with Crippen LogP contribution in [0.25, 0.3) is 10.6 Å². The standard InChI is InChI=1S/C13H14FN3OS/c14-10-5-3-9(4-6-10)12-16-17-13(19-12)15-8-11-2-1-7-18-11/h3-6,11H,1-2,7-8H2,(H,15,17). The van der Waals surface area contributed by atoms with Gasteiger partial charge in [-0.2, -0.15) is 0 Å². The second-order valence-electron chi connectivity index (χ2n) is 4.44. The Morgan fingerprint density at radius 2 is 2.16 bits per heavy atom. The molecule has 1 N–H and O–H groups in total. The van der Waals surface area contributed by atoms with Crippen molar-refractivity contribution in [3.63, 3.8) is 0 Å². The SMILES string of the molecule is Fc1ccc(-c2nnc(NCC3CCCO3)s2)cc1. The Balaban J connectivity index is 1.63. The van der Waals surface area contributed by atoms with Crippen LogP contribution in [-0.2, 0) is 4.74 Å². The Hall–Kier alpha value is -1.53. The topological polar surface area (TPSA) is 47.0 Å². The summed E-state index contributed by atoms with van der Waals surface area (Å²) in [5.41, 5.74) is 0.879. The largest absolute Gasteiger partial charge is 0.376 e. The van der Waals surface area contributed by atoms with E-state index in [2.05, 4.69) is 15.5 Å². The van der Waals surface area contributed by atoms with Gasteiger partial charge in [-0.05, 0) is 37.1 Å². The highest BCUT2D eigenvalue weighted by molar-refractivity contribution is 7.18. The highest BCUT2D eigenvalue weighted by Crippen LogP contribution is 2.26. The third-order valence-electron chi connectivity index (χ3n) is 3.02. The van der Waals surface area contributed by atoms with Crippen molar-refractivity contribution >= 4 is 16.5 Å². The first-order chi connectivity index (χ1) is 9.31. The summed E-state index contributed by atoms with van der Waals surface area (Å²) in [6, 6.07) is 6.27. The number of anilines is 1. The van der Waals surface area contributed by atoms with E-state index in [-0.39, 0.29) is 11.9 Å². The van der Waals surface area contributed by atoms with E-state index in [4.69, 9.17) is 4.74 Å². The van der Waals surface area contributed by atoms with Crippen LogP contribution in [0.3, 0.4) is 0 Å². The van der Waals surface area contributed by atoms with Crippen molar-refractivity contribution in [2.24, 2.45) is 0 Å². The van der Waals surface area contributed by atoms with Crippen molar-refractivity contribution in [3.05, 3.63) is 30.1 Å². The number of rotatable bonds is 4. The quantitative estimate of drug-likeness (QED) is 0.934. The highest BCUT2D eigenvalue weighted by Gasteiger charge is 2.16. The molecule has 1 aromatic heterocycles. The van der Waals surface area contributed by atoms with Gasteiger partial charge in [0.25, 0.3) is 0 Å². The van der Waals surface area contributed by atoms with Crippen LogP contribution in [-0.4, -0.2) is 29.5 Å². The lowest BCUT2D eigenvalue weighted by Gasteiger charge is -2.08. The normalized spacial score (nSPS) is 18.7. The molecule has 2 aromatic rings. The fourth-order valence-electron chi connectivity index (χ4n) is 2.01. The molecule has 0 spiro atoms. The second kappa shape index (κ2) is 5.63. The maximum Gasteiger partial charge on any atom is 0.206 e. The molecule has 1 saturated heterocycles. The van der Waals surface area contributed by atoms with E-state index >= 15 is 0 Å². The summed E-state index contributed by atoms with van der Waals surface area (Å²) < 4.78 is 18.4. The molecule has 1 aromatic carbocycles. The predicted octanol–water partition coefficient (Wildman–Crippen LogP) is 2.94. The number of benzene rings is 1. The minimum absolute atomic E-state index is 0.245. The molecule has 1 atom stereocenters. The number of halogens is 1. The average molecular weight is 279 g/mol. The van der Waals surface area contributed by atoms with Crippen LogP contribution in [0.5, 0.6) is 0 Å². The second-order valence-corrected chi connectivity index (χ2v) is 5.41. The Kier molecular flexibility index (Phi) is 3.70. The van der Waals surface area contributed by atoms with Crippen molar-refractivity contribution in [2.45, 2.75) is 18.9 Å². The molecular formula is C13H14FN3OS. The molecule has 100 valence electrons. The van der Waals surface area contributed by atoms with E-state index in [9.17, 15) is 4.39 Å². The van der Waals surface area contributed by atoms with Crippen molar-refractivity contribution in [1.82, 2.24) is 10.2 Å². The van der Waals surface area contributed by atoms with Gasteiger partial charge in [0.1, 0.15) is 10.8 Å². The lowest BCUT2D eigenvalue weighted by Crippen LogP contribution is -2.18. The van der Waals surface area contributed by atoms with E-state index in [1.165, 1.54) is 23.5 Å². The van der Waals surface area contributed by atoms with E-state index in [0.29, 0.717) is 0 Å². The molecule has 0 aliphatic carbocycles. The number of hydrogen-bond acceptors (Lipinski definition) is 5. The zero-order valence-corrected chi connectivity index (χ0v) is 11.1. The Morgan fingerprint density at radius 3 is 2.89 bits per heavy atom. The number of hydrogen-bond donors (Lipinski definition) is 1. The molecule has 1 aliphatic rings. The minimum atomic E-state index is -0.245. The van der Waals surface area contributed by atoms with Crippen LogP contribution < -0.4 is 5.32 Å². The van der Waals surface area contributed by atoms with Gasteiger partial charge in [-0.15, -0.1) is 10.2 Å². The maximum atomic E-state index is 12.8. The van der Waals surface area contributed by atoms with Crippen molar-refractivity contribution < 1.29 is 9.13 Å². The highest BCUT2D eigenvalue weighted by atomic mass is 32.1. The summed E-state index contributed by atoms with van der Waals surface area (Å²) >= 11 is 1.46. The van der Waals surface area contributed by atoms with Crippen molar-refractivity contribution in [3.8, 4) is 10.6 Å². The number of ether oxygens (including phenoxy) is 1. The summed E-state index contributed by atoms with van der Waals surface area (Å²) in [4.78, 5) is 0. The first kappa shape index (κ1) is 12.5. The fourth-order valence-corrected chi connectivity index (χ4v) is 2.77. The molecule has 1 fully saturated rings. The van der Waals surface area contributed by atoms with Crippen LogP contribution in [0.4, 0.5) is 9.52 Å². The van der Waals surface area contributed by atoms with Crippen LogP contribution in [0.1, 0.15) is 12.8 Å². The Bertz CT molecular complexity index is 537. The first-order valence-corrected chi connectivity index (χ1v) is 7.08. The third kappa shape index (κ3) is 3.08. The molecule has 2 heterocycles. The van der Waals surface area contributed by atoms with Crippen molar-refractivity contribution in [1.29, 1.82) is 0 Å². The molecule has 0 radical (unpaired) electrons. The molecule has 3 rings (SSSR count). The molecule has 6 heteroatoms. The van der Waals surface area contributed by atoms with Crippen LogP contribution in [0.15, 0.2) is 24.3 Å². The first-order valence-electron chi connectivity index (χ1n) is 6.26. The summed E-state index contributed by atoms with van der Waals surface area (Å²) in [6.07, 6.45) is 2.50. The van der Waals surface area contributed by atoms with Gasteiger partial charge in [-0.1, -0.05) is 11.3 Å². The molecule has 4 nitrogen and oxygen atoms in total. The monoisotopic (exact) mass is 279 g/mol. The van der Waals surface area contributed by atoms with Gasteiger partial charge in [0.2, 0.25) is 5.13 Å². The Labute approximate surface area is 114 Å². The third-order valence-corrected chi connectivity index (χ3v) is 3.95. The molecule has 19 heavy (non-hydrogen) atoms. The van der Waals surface area contributed by atoms with E-state index in [1.54, 1.807) is 12.1 Å². The zero-order valence-electron chi connectivity index (χ0n) is 10.3. The fraction of sp³-hybridized carbons (Fsp3) is 0.385. The predicted molar refractivity (Wildman–Crippen MR) is 72.8 cm³/mol. The van der Waals surface area contributed by atoms with Gasteiger partial charge in [0.15, 0.2) is 0 Å². The summed E-state index contributed by atoms with van der Waals surface area (Å²) in [5.74, 6) is -0.245. The lowest BCUT2D eigenvalue weighted by atomic mass is 10.2. The number of nitrogens with zero attached hydrogens (tertiary/aromatic N) is 2. The summed E-state index contributed by atoms with van der Waals surface area (Å²) in [6.45, 7) is 1.61. The smallest absolute Gasteiger partial charge is 0.206 e. The van der Waals surface area contributed by atoms with E-state index < -0.39 is 0 Å². The van der Waals surface area contributed by atoms with Gasteiger partial charge in [-0.3, -0.25) is 0 Å². The molecule has 0 amide bonds. The molecule has 0 saturated carbocycles. The summed E-state index contributed by atoms with van der Waals surface area (Å²) in [5, 5.41) is 13.0. The molecule has 1 unspecified atom stereocenters. The van der Waals surface area contributed by atoms with Gasteiger partial charge >= 0.3 is 0 Å². The number of nitrogens with one attached hydrogen (secondary N) is 1. The maximum absolute atomic E-state index is 12.8. The molecule has 1 aliphatic heterocycles. The Morgan fingerprint density at radius 1 is 1.32 bits per heavy atom. The molecular weight excluding hydrogens is 265 g/mol. The van der Waals surface area contributed by atoms with Gasteiger partial charge in [0.05, 0.1) is 6.10 Å². The minimum Gasteiger partial charge on any atom is -0.376 e. The van der Waals surface area contributed by atoms with E-state index in [0.717, 1.165) is 41.7 Å². The van der Waals surface area contributed by atoms with Crippen LogP contribution >= 0.6 is 11.3 Å². The van der Waals surface area contributed by atoms with Gasteiger partial charge in [-0.25, -0.2) is 4.39 Å². The van der Waals surface area contributed by atoms with Crippen molar-refractivity contribution in [2.75, 3.05) is 18.5 Å². The summed E-state index contributed by atoms with van der Waals surface area (Å²) in [7, 11) is 0. The van der Waals surface area contributed by atoms with Gasteiger partial charge < -0.3 is 10.1 Å².